The first-order chi connectivity index (χ1) is 11.6. The van der Waals surface area contributed by atoms with Gasteiger partial charge in [0.2, 0.25) is 5.95 Å². The van der Waals surface area contributed by atoms with Gasteiger partial charge in [-0.3, -0.25) is 9.78 Å². The van der Waals surface area contributed by atoms with Crippen molar-refractivity contribution in [1.82, 2.24) is 15.3 Å². The van der Waals surface area contributed by atoms with E-state index in [9.17, 15) is 4.79 Å². The minimum atomic E-state index is -0.103. The van der Waals surface area contributed by atoms with Gasteiger partial charge in [-0.2, -0.15) is 0 Å². The molecule has 5 nitrogen and oxygen atoms in total. The highest BCUT2D eigenvalue weighted by Gasteiger charge is 2.04. The van der Waals surface area contributed by atoms with Gasteiger partial charge >= 0.3 is 0 Å². The largest absolute Gasteiger partial charge is 0.356 e. The monoisotopic (exact) mass is 382 g/mol. The number of anilines is 1. The summed E-state index contributed by atoms with van der Waals surface area (Å²) in [6.07, 6.45) is 0.889. The van der Waals surface area contributed by atoms with E-state index in [1.165, 1.54) is 11.3 Å². The minimum absolute atomic E-state index is 0.103. The summed E-state index contributed by atoms with van der Waals surface area (Å²) in [5.74, 6) is 0.507. The molecule has 1 aromatic carbocycles. The van der Waals surface area contributed by atoms with Crippen LogP contribution in [0.5, 0.6) is 0 Å². The first-order valence-electron chi connectivity index (χ1n) is 7.49. The van der Waals surface area contributed by atoms with E-state index in [4.69, 9.17) is 23.2 Å². The summed E-state index contributed by atoms with van der Waals surface area (Å²) in [6.45, 7) is 2.24. The van der Waals surface area contributed by atoms with E-state index in [0.29, 0.717) is 33.8 Å². The van der Waals surface area contributed by atoms with Crippen molar-refractivity contribution in [1.29, 1.82) is 0 Å². The zero-order valence-electron chi connectivity index (χ0n) is 12.7. The number of H-pyrrole nitrogens is 1. The zero-order valence-corrected chi connectivity index (χ0v) is 15.1. The van der Waals surface area contributed by atoms with Gasteiger partial charge in [-0.25, -0.2) is 4.98 Å². The van der Waals surface area contributed by atoms with Gasteiger partial charge in [0.1, 0.15) is 4.70 Å². The summed E-state index contributed by atoms with van der Waals surface area (Å²) in [6, 6.07) is 7.35. The maximum Gasteiger partial charge on any atom is 0.270 e. The molecule has 2 aromatic heterocycles. The predicted octanol–water partition coefficient (Wildman–Crippen LogP) is 3.88. The molecule has 0 amide bonds. The van der Waals surface area contributed by atoms with E-state index >= 15 is 0 Å². The first-order valence-corrected chi connectivity index (χ1v) is 9.12. The van der Waals surface area contributed by atoms with Crippen molar-refractivity contribution < 1.29 is 0 Å². The molecule has 8 heteroatoms. The van der Waals surface area contributed by atoms with Gasteiger partial charge in [0, 0.05) is 23.1 Å². The number of fused-ring (bicyclic) bond motifs is 1. The molecule has 0 fully saturated rings. The van der Waals surface area contributed by atoms with Gasteiger partial charge in [0.05, 0.1) is 5.52 Å². The lowest BCUT2D eigenvalue weighted by atomic mass is 10.2. The van der Waals surface area contributed by atoms with Gasteiger partial charge in [0.25, 0.3) is 5.56 Å². The lowest BCUT2D eigenvalue weighted by Gasteiger charge is -2.07. The fraction of sp³-hybridized carbons (Fsp3) is 0.250. The van der Waals surface area contributed by atoms with E-state index in [1.807, 2.05) is 23.6 Å². The molecule has 0 radical (unpaired) electrons. The maximum absolute atomic E-state index is 11.8. The second kappa shape index (κ2) is 7.98. The van der Waals surface area contributed by atoms with Crippen molar-refractivity contribution in [2.45, 2.75) is 13.0 Å². The number of aromatic amines is 1. The maximum atomic E-state index is 11.8. The molecular weight excluding hydrogens is 367 g/mol. The molecule has 24 heavy (non-hydrogen) atoms. The minimum Gasteiger partial charge on any atom is -0.356 e. The lowest BCUT2D eigenvalue weighted by molar-refractivity contribution is 0.662. The van der Waals surface area contributed by atoms with Crippen LogP contribution in [-0.2, 0) is 6.54 Å². The van der Waals surface area contributed by atoms with Gasteiger partial charge in [-0.05, 0) is 48.2 Å². The van der Waals surface area contributed by atoms with E-state index in [2.05, 4.69) is 20.6 Å². The number of rotatable bonds is 7. The number of halogens is 2. The van der Waals surface area contributed by atoms with Crippen molar-refractivity contribution in [2.24, 2.45) is 0 Å². The van der Waals surface area contributed by atoms with Gasteiger partial charge in [-0.15, -0.1) is 11.3 Å². The molecule has 0 aliphatic heterocycles. The predicted molar refractivity (Wildman–Crippen MR) is 102 cm³/mol. The molecule has 0 unspecified atom stereocenters. The number of nitrogens with one attached hydrogen (secondary N) is 3. The van der Waals surface area contributed by atoms with Crippen molar-refractivity contribution >= 4 is 50.7 Å². The average Bonchev–Trinajstić information content (AvgIpc) is 2.99. The highest BCUT2D eigenvalue weighted by Crippen LogP contribution is 2.19. The van der Waals surface area contributed by atoms with Crippen LogP contribution in [0.4, 0.5) is 5.95 Å². The second-order valence-electron chi connectivity index (χ2n) is 5.28. The topological polar surface area (TPSA) is 69.8 Å². The Hall–Kier alpha value is -1.60. The number of hydrogen-bond acceptors (Lipinski definition) is 5. The van der Waals surface area contributed by atoms with E-state index < -0.39 is 0 Å². The number of benzene rings is 1. The number of aromatic nitrogens is 2. The molecule has 3 rings (SSSR count). The van der Waals surface area contributed by atoms with Crippen LogP contribution in [-0.4, -0.2) is 23.1 Å². The molecule has 0 aliphatic carbocycles. The molecule has 3 N–H and O–H groups in total. The van der Waals surface area contributed by atoms with Crippen LogP contribution in [0.15, 0.2) is 34.4 Å². The summed E-state index contributed by atoms with van der Waals surface area (Å²) in [7, 11) is 0. The molecule has 0 bridgehead atoms. The highest BCUT2D eigenvalue weighted by molar-refractivity contribution is 7.17. The fourth-order valence-corrected chi connectivity index (χ4v) is 3.62. The van der Waals surface area contributed by atoms with E-state index in [0.717, 1.165) is 24.0 Å². The Morgan fingerprint density at radius 1 is 1.17 bits per heavy atom. The summed E-state index contributed by atoms with van der Waals surface area (Å²) >= 11 is 13.3. The molecule has 0 saturated carbocycles. The van der Waals surface area contributed by atoms with Gasteiger partial charge in [-0.1, -0.05) is 23.2 Å². The summed E-state index contributed by atoms with van der Waals surface area (Å²) < 4.78 is 0.655. The second-order valence-corrected chi connectivity index (χ2v) is 7.07. The standard InChI is InChI=1S/C16H16Cl2N4OS/c17-11-6-10(7-12(18)8-11)9-19-3-1-4-20-16-21-13-2-5-24-14(13)15(23)22-16/h2,5-8,19H,1,3-4,9H2,(H2,20,21,22,23). The Morgan fingerprint density at radius 2 is 1.96 bits per heavy atom. The highest BCUT2D eigenvalue weighted by atomic mass is 35.5. The quantitative estimate of drug-likeness (QED) is 0.542. The Labute approximate surface area is 153 Å². The number of thiophene rings is 1. The lowest BCUT2D eigenvalue weighted by Crippen LogP contribution is -2.19. The van der Waals surface area contributed by atoms with Crippen LogP contribution < -0.4 is 16.2 Å². The summed E-state index contributed by atoms with van der Waals surface area (Å²) in [5, 5.41) is 9.61. The molecule has 0 aliphatic rings. The van der Waals surface area contributed by atoms with Gasteiger partial charge in [0.15, 0.2) is 0 Å². The Bertz CT molecular complexity index is 873. The third kappa shape index (κ3) is 4.48. The van der Waals surface area contributed by atoms with Crippen molar-refractivity contribution in [3.05, 3.63) is 55.6 Å². The third-order valence-corrected chi connectivity index (χ3v) is 4.73. The molecular formula is C16H16Cl2N4OS. The first kappa shape index (κ1) is 17.2. The smallest absolute Gasteiger partial charge is 0.270 e. The van der Waals surface area contributed by atoms with Crippen LogP contribution in [0.1, 0.15) is 12.0 Å². The Balaban J connectivity index is 1.42. The SMILES string of the molecule is O=c1[nH]c(NCCCNCc2cc(Cl)cc(Cl)c2)nc2ccsc12. The van der Waals surface area contributed by atoms with Crippen LogP contribution in [0.25, 0.3) is 10.2 Å². The fourth-order valence-electron chi connectivity index (χ4n) is 2.32. The van der Waals surface area contributed by atoms with E-state index in [-0.39, 0.29) is 5.56 Å². The van der Waals surface area contributed by atoms with Crippen LogP contribution in [0.3, 0.4) is 0 Å². The normalized spacial score (nSPS) is 11.1. The molecule has 2 heterocycles. The summed E-state index contributed by atoms with van der Waals surface area (Å²) in [4.78, 5) is 19.0. The Kier molecular flexibility index (Phi) is 5.73. The number of nitrogens with zero attached hydrogens (tertiary/aromatic N) is 1. The van der Waals surface area contributed by atoms with Crippen molar-refractivity contribution in [2.75, 3.05) is 18.4 Å². The molecule has 0 atom stereocenters. The van der Waals surface area contributed by atoms with Crippen LogP contribution in [0, 0.1) is 0 Å². The van der Waals surface area contributed by atoms with Gasteiger partial charge < -0.3 is 10.6 Å². The molecule has 0 spiro atoms. The third-order valence-electron chi connectivity index (χ3n) is 3.39. The van der Waals surface area contributed by atoms with Crippen molar-refractivity contribution in [3.63, 3.8) is 0 Å². The number of hydrogen-bond donors (Lipinski definition) is 3. The van der Waals surface area contributed by atoms with E-state index in [1.54, 1.807) is 6.07 Å². The summed E-state index contributed by atoms with van der Waals surface area (Å²) in [5.41, 5.74) is 1.67. The van der Waals surface area contributed by atoms with Crippen LogP contribution in [0.2, 0.25) is 10.0 Å². The molecule has 0 saturated heterocycles. The molecule has 3 aromatic rings. The Morgan fingerprint density at radius 3 is 2.75 bits per heavy atom. The van der Waals surface area contributed by atoms with Crippen molar-refractivity contribution in [3.8, 4) is 0 Å². The zero-order chi connectivity index (χ0) is 16.9. The average molecular weight is 383 g/mol. The van der Waals surface area contributed by atoms with Crippen LogP contribution >= 0.6 is 34.5 Å². The molecule has 126 valence electrons.